The second-order valence-electron chi connectivity index (χ2n) is 4.17. The van der Waals surface area contributed by atoms with E-state index >= 15 is 0 Å². The van der Waals surface area contributed by atoms with Crippen LogP contribution in [0, 0.1) is 0 Å². The van der Waals surface area contributed by atoms with E-state index in [4.69, 9.17) is 11.6 Å². The van der Waals surface area contributed by atoms with Gasteiger partial charge in [0.15, 0.2) is 5.69 Å². The first-order chi connectivity index (χ1) is 9.61. The Labute approximate surface area is 122 Å². The summed E-state index contributed by atoms with van der Waals surface area (Å²) in [5, 5.41) is 3.82. The molecule has 5 nitrogen and oxygen atoms in total. The van der Waals surface area contributed by atoms with Gasteiger partial charge in [-0.1, -0.05) is 29.8 Å². The summed E-state index contributed by atoms with van der Waals surface area (Å²) in [5.41, 5.74) is 1.10. The number of aromatic nitrogens is 2. The zero-order chi connectivity index (χ0) is 14.5. The number of esters is 1. The van der Waals surface area contributed by atoms with Crippen LogP contribution in [0.5, 0.6) is 0 Å². The number of hydrogen-bond donors (Lipinski definition) is 1. The van der Waals surface area contributed by atoms with E-state index in [2.05, 4.69) is 20.0 Å². The van der Waals surface area contributed by atoms with Crippen LogP contribution in [0.4, 0.5) is 5.82 Å². The molecule has 0 spiro atoms. The van der Waals surface area contributed by atoms with Crippen molar-refractivity contribution >= 4 is 23.4 Å². The molecule has 1 atom stereocenters. The molecule has 1 aromatic heterocycles. The van der Waals surface area contributed by atoms with Crippen molar-refractivity contribution in [3.8, 4) is 0 Å². The van der Waals surface area contributed by atoms with Crippen LogP contribution in [0.15, 0.2) is 36.7 Å². The highest BCUT2D eigenvalue weighted by molar-refractivity contribution is 6.31. The van der Waals surface area contributed by atoms with E-state index in [-0.39, 0.29) is 11.7 Å². The van der Waals surface area contributed by atoms with Gasteiger partial charge in [-0.2, -0.15) is 0 Å². The Hall–Kier alpha value is -2.14. The Balaban J connectivity index is 2.18. The molecule has 0 bridgehead atoms. The van der Waals surface area contributed by atoms with Gasteiger partial charge in [0.2, 0.25) is 0 Å². The average Bonchev–Trinajstić information content (AvgIpc) is 2.47. The first kappa shape index (κ1) is 14.3. The topological polar surface area (TPSA) is 64.1 Å². The zero-order valence-electron chi connectivity index (χ0n) is 11.1. The summed E-state index contributed by atoms with van der Waals surface area (Å²) in [6, 6.07) is 7.47. The molecule has 1 unspecified atom stereocenters. The Morgan fingerprint density at radius 2 is 2.10 bits per heavy atom. The lowest BCUT2D eigenvalue weighted by atomic mass is 10.1. The fourth-order valence-electron chi connectivity index (χ4n) is 1.76. The van der Waals surface area contributed by atoms with Crippen LogP contribution in [0.25, 0.3) is 0 Å². The molecule has 2 rings (SSSR count). The minimum absolute atomic E-state index is 0.0640. The van der Waals surface area contributed by atoms with E-state index in [0.29, 0.717) is 10.8 Å². The molecular formula is C14H14ClN3O2. The maximum atomic E-state index is 11.4. The van der Waals surface area contributed by atoms with Gasteiger partial charge in [-0.3, -0.25) is 4.98 Å². The maximum Gasteiger partial charge on any atom is 0.358 e. The highest BCUT2D eigenvalue weighted by Crippen LogP contribution is 2.24. The highest BCUT2D eigenvalue weighted by atomic mass is 35.5. The molecule has 1 aromatic carbocycles. The molecule has 0 saturated carbocycles. The number of halogens is 1. The van der Waals surface area contributed by atoms with Gasteiger partial charge in [-0.25, -0.2) is 9.78 Å². The van der Waals surface area contributed by atoms with Crippen molar-refractivity contribution in [1.29, 1.82) is 0 Å². The van der Waals surface area contributed by atoms with Gasteiger partial charge in [0.05, 0.1) is 25.5 Å². The minimum atomic E-state index is -0.522. The van der Waals surface area contributed by atoms with E-state index in [1.54, 1.807) is 6.20 Å². The number of hydrogen-bond acceptors (Lipinski definition) is 5. The predicted octanol–water partition coefficient (Wildman–Crippen LogP) is 3.09. The number of methoxy groups -OCH3 is 1. The van der Waals surface area contributed by atoms with Crippen LogP contribution in [-0.2, 0) is 4.74 Å². The van der Waals surface area contributed by atoms with E-state index in [1.807, 2.05) is 31.2 Å². The number of carbonyl (C=O) groups is 1. The normalized spacial score (nSPS) is 11.8. The van der Waals surface area contributed by atoms with E-state index in [1.165, 1.54) is 13.3 Å². The van der Waals surface area contributed by atoms with Gasteiger partial charge >= 0.3 is 5.97 Å². The average molecular weight is 292 g/mol. The second kappa shape index (κ2) is 6.34. The largest absolute Gasteiger partial charge is 0.464 e. The van der Waals surface area contributed by atoms with Crippen molar-refractivity contribution in [2.45, 2.75) is 13.0 Å². The second-order valence-corrected chi connectivity index (χ2v) is 4.58. The molecule has 2 aromatic rings. The maximum absolute atomic E-state index is 11.4. The zero-order valence-corrected chi connectivity index (χ0v) is 11.9. The van der Waals surface area contributed by atoms with Crippen molar-refractivity contribution in [3.05, 3.63) is 52.9 Å². The third kappa shape index (κ3) is 3.24. The Morgan fingerprint density at radius 3 is 2.80 bits per heavy atom. The van der Waals surface area contributed by atoms with Crippen LogP contribution in [0.2, 0.25) is 5.02 Å². The van der Waals surface area contributed by atoms with Gasteiger partial charge < -0.3 is 10.1 Å². The van der Waals surface area contributed by atoms with Crippen molar-refractivity contribution < 1.29 is 9.53 Å². The van der Waals surface area contributed by atoms with Crippen molar-refractivity contribution in [3.63, 3.8) is 0 Å². The number of rotatable bonds is 4. The van der Waals surface area contributed by atoms with Gasteiger partial charge in [0.25, 0.3) is 0 Å². The number of nitrogens with zero attached hydrogens (tertiary/aromatic N) is 2. The van der Waals surface area contributed by atoms with E-state index in [0.717, 1.165) is 5.56 Å². The quantitative estimate of drug-likeness (QED) is 0.877. The molecule has 104 valence electrons. The highest BCUT2D eigenvalue weighted by Gasteiger charge is 2.12. The standard InChI is InChI=1S/C14H14ClN3O2/c1-9(10-5-3-4-6-11(10)15)17-13-8-16-7-12(18-13)14(19)20-2/h3-9H,1-2H3,(H,17,18). The monoisotopic (exact) mass is 291 g/mol. The molecule has 20 heavy (non-hydrogen) atoms. The summed E-state index contributed by atoms with van der Waals surface area (Å²) < 4.78 is 4.61. The Kier molecular flexibility index (Phi) is 4.53. The fraction of sp³-hybridized carbons (Fsp3) is 0.214. The summed E-state index contributed by atoms with van der Waals surface area (Å²) in [4.78, 5) is 19.5. The molecule has 6 heteroatoms. The van der Waals surface area contributed by atoms with Crippen LogP contribution in [-0.4, -0.2) is 23.0 Å². The minimum Gasteiger partial charge on any atom is -0.464 e. The third-order valence-electron chi connectivity index (χ3n) is 2.77. The number of ether oxygens (including phenoxy) is 1. The molecule has 0 amide bonds. The predicted molar refractivity (Wildman–Crippen MR) is 76.9 cm³/mol. The molecular weight excluding hydrogens is 278 g/mol. The number of anilines is 1. The smallest absolute Gasteiger partial charge is 0.358 e. The number of benzene rings is 1. The number of nitrogens with one attached hydrogen (secondary N) is 1. The molecule has 0 aliphatic rings. The molecule has 0 saturated heterocycles. The SMILES string of the molecule is COC(=O)c1cncc(NC(C)c2ccccc2Cl)n1. The van der Waals surface area contributed by atoms with E-state index in [9.17, 15) is 4.79 Å². The van der Waals surface area contributed by atoms with E-state index < -0.39 is 5.97 Å². The van der Waals surface area contributed by atoms with Crippen molar-refractivity contribution in [2.75, 3.05) is 12.4 Å². The lowest BCUT2D eigenvalue weighted by Crippen LogP contribution is -2.11. The van der Waals surface area contributed by atoms with Gasteiger partial charge in [0, 0.05) is 5.02 Å². The van der Waals surface area contributed by atoms with Gasteiger partial charge in [-0.15, -0.1) is 0 Å². The Morgan fingerprint density at radius 1 is 1.35 bits per heavy atom. The van der Waals surface area contributed by atoms with Crippen LogP contribution < -0.4 is 5.32 Å². The molecule has 0 radical (unpaired) electrons. The van der Waals surface area contributed by atoms with Crippen LogP contribution in [0.1, 0.15) is 29.0 Å². The molecule has 0 fully saturated rings. The fourth-order valence-corrected chi connectivity index (χ4v) is 2.06. The number of carbonyl (C=O) groups excluding carboxylic acids is 1. The Bertz CT molecular complexity index is 619. The summed E-state index contributed by atoms with van der Waals surface area (Å²) >= 11 is 6.14. The molecule has 0 aliphatic heterocycles. The lowest BCUT2D eigenvalue weighted by molar-refractivity contribution is 0.0593. The third-order valence-corrected chi connectivity index (χ3v) is 3.11. The summed E-state index contributed by atoms with van der Waals surface area (Å²) in [7, 11) is 1.30. The van der Waals surface area contributed by atoms with Crippen molar-refractivity contribution in [2.24, 2.45) is 0 Å². The summed E-state index contributed by atoms with van der Waals surface area (Å²) in [6.07, 6.45) is 2.90. The molecule has 1 heterocycles. The summed E-state index contributed by atoms with van der Waals surface area (Å²) in [5.74, 6) is -0.0353. The van der Waals surface area contributed by atoms with Gasteiger partial charge in [0.1, 0.15) is 5.82 Å². The molecule has 1 N–H and O–H groups in total. The molecule has 0 aliphatic carbocycles. The van der Waals surface area contributed by atoms with Crippen LogP contribution in [0.3, 0.4) is 0 Å². The summed E-state index contributed by atoms with van der Waals surface area (Å²) in [6.45, 7) is 1.95. The van der Waals surface area contributed by atoms with Crippen LogP contribution >= 0.6 is 11.6 Å². The first-order valence-corrected chi connectivity index (χ1v) is 6.41. The lowest BCUT2D eigenvalue weighted by Gasteiger charge is -2.16. The van der Waals surface area contributed by atoms with Gasteiger partial charge in [-0.05, 0) is 18.6 Å². The first-order valence-electron chi connectivity index (χ1n) is 6.03. The van der Waals surface area contributed by atoms with Crippen molar-refractivity contribution in [1.82, 2.24) is 9.97 Å².